The second kappa shape index (κ2) is 8.13. The number of carbonyl (C=O) groups is 1. The lowest BCUT2D eigenvalue weighted by molar-refractivity contribution is -0.119. The number of halogens is 2. The Balaban J connectivity index is 2.34. The zero-order chi connectivity index (χ0) is 17.7. The average Bonchev–Trinajstić information content (AvgIpc) is 2.57. The van der Waals surface area contributed by atoms with Crippen LogP contribution >= 0.6 is 11.6 Å². The smallest absolute Gasteiger partial charge is 0.234 e. The van der Waals surface area contributed by atoms with Gasteiger partial charge in [-0.25, -0.2) is 4.39 Å². The SMILES string of the molecule is CC[C@@H](N[C@@H](C)C(N)=O)c1ccc(Cl)c(Oc2ccccc2)c1F. The Labute approximate surface area is 145 Å². The van der Waals surface area contributed by atoms with Crippen LogP contribution in [0, 0.1) is 5.82 Å². The molecule has 0 fully saturated rings. The van der Waals surface area contributed by atoms with Crippen molar-refractivity contribution >= 4 is 17.5 Å². The number of para-hydroxylation sites is 1. The molecular weight excluding hydrogens is 331 g/mol. The summed E-state index contributed by atoms with van der Waals surface area (Å²) in [6, 6.07) is 11.0. The van der Waals surface area contributed by atoms with Gasteiger partial charge >= 0.3 is 0 Å². The van der Waals surface area contributed by atoms with Crippen molar-refractivity contribution in [1.29, 1.82) is 0 Å². The van der Waals surface area contributed by atoms with Crippen LogP contribution in [-0.4, -0.2) is 11.9 Å². The average molecular weight is 351 g/mol. The molecule has 1 amide bonds. The Hall–Kier alpha value is -2.11. The fourth-order valence-electron chi connectivity index (χ4n) is 2.33. The van der Waals surface area contributed by atoms with Gasteiger partial charge in [-0.15, -0.1) is 0 Å². The molecule has 2 aromatic carbocycles. The Morgan fingerprint density at radius 3 is 2.54 bits per heavy atom. The van der Waals surface area contributed by atoms with E-state index in [4.69, 9.17) is 22.1 Å². The van der Waals surface area contributed by atoms with Crippen LogP contribution in [-0.2, 0) is 4.79 Å². The monoisotopic (exact) mass is 350 g/mol. The fourth-order valence-corrected chi connectivity index (χ4v) is 2.51. The van der Waals surface area contributed by atoms with Crippen LogP contribution in [0.4, 0.5) is 4.39 Å². The lowest BCUT2D eigenvalue weighted by Gasteiger charge is -2.22. The van der Waals surface area contributed by atoms with Gasteiger partial charge in [-0.2, -0.15) is 0 Å². The summed E-state index contributed by atoms with van der Waals surface area (Å²) in [5.74, 6) is -0.597. The van der Waals surface area contributed by atoms with Gasteiger partial charge in [0.15, 0.2) is 11.6 Å². The maximum Gasteiger partial charge on any atom is 0.234 e. The molecule has 0 aliphatic carbocycles. The molecule has 128 valence electrons. The minimum Gasteiger partial charge on any atom is -0.453 e. The molecule has 0 saturated carbocycles. The summed E-state index contributed by atoms with van der Waals surface area (Å²) >= 11 is 6.10. The number of nitrogens with one attached hydrogen (secondary N) is 1. The van der Waals surface area contributed by atoms with Gasteiger partial charge in [0.05, 0.1) is 11.1 Å². The van der Waals surface area contributed by atoms with E-state index in [1.54, 1.807) is 43.3 Å². The number of benzene rings is 2. The van der Waals surface area contributed by atoms with E-state index in [0.717, 1.165) is 0 Å². The summed E-state index contributed by atoms with van der Waals surface area (Å²) < 4.78 is 20.5. The van der Waals surface area contributed by atoms with Crippen LogP contribution < -0.4 is 15.8 Å². The second-order valence-corrected chi connectivity index (χ2v) is 5.85. The molecule has 0 radical (unpaired) electrons. The van der Waals surface area contributed by atoms with Gasteiger partial charge < -0.3 is 10.5 Å². The Bertz CT molecular complexity index is 710. The maximum atomic E-state index is 14.9. The largest absolute Gasteiger partial charge is 0.453 e. The molecule has 0 spiro atoms. The van der Waals surface area contributed by atoms with Gasteiger partial charge in [0.2, 0.25) is 5.91 Å². The first-order valence-corrected chi connectivity index (χ1v) is 8.08. The van der Waals surface area contributed by atoms with Gasteiger partial charge in [0.1, 0.15) is 5.75 Å². The summed E-state index contributed by atoms with van der Waals surface area (Å²) in [5, 5.41) is 3.20. The molecule has 2 atom stereocenters. The highest BCUT2D eigenvalue weighted by molar-refractivity contribution is 6.32. The Morgan fingerprint density at radius 1 is 1.29 bits per heavy atom. The normalized spacial score (nSPS) is 13.3. The molecule has 2 aromatic rings. The molecule has 3 N–H and O–H groups in total. The van der Waals surface area contributed by atoms with Crippen molar-refractivity contribution < 1.29 is 13.9 Å². The van der Waals surface area contributed by atoms with Gasteiger partial charge in [-0.3, -0.25) is 10.1 Å². The summed E-state index contributed by atoms with van der Waals surface area (Å²) in [5.41, 5.74) is 5.65. The topological polar surface area (TPSA) is 64.3 Å². The summed E-state index contributed by atoms with van der Waals surface area (Å²) in [4.78, 5) is 11.2. The van der Waals surface area contributed by atoms with Crippen LogP contribution in [0.2, 0.25) is 5.02 Å². The molecule has 0 saturated heterocycles. The molecule has 0 aromatic heterocycles. The molecule has 24 heavy (non-hydrogen) atoms. The van der Waals surface area contributed by atoms with E-state index >= 15 is 0 Å². The van der Waals surface area contributed by atoms with Gasteiger partial charge in [-0.1, -0.05) is 42.8 Å². The molecule has 6 heteroatoms. The van der Waals surface area contributed by atoms with Crippen molar-refractivity contribution in [1.82, 2.24) is 5.32 Å². The van der Waals surface area contributed by atoms with Crippen LogP contribution in [0.15, 0.2) is 42.5 Å². The number of amides is 1. The minimum atomic E-state index is -0.580. The highest BCUT2D eigenvalue weighted by atomic mass is 35.5. The first kappa shape index (κ1) is 18.2. The van der Waals surface area contributed by atoms with Crippen molar-refractivity contribution in [2.24, 2.45) is 5.73 Å². The first-order chi connectivity index (χ1) is 11.4. The van der Waals surface area contributed by atoms with E-state index in [-0.39, 0.29) is 16.8 Å². The zero-order valence-electron chi connectivity index (χ0n) is 13.6. The molecule has 2 rings (SSSR count). The van der Waals surface area contributed by atoms with E-state index in [1.807, 2.05) is 13.0 Å². The third-order valence-electron chi connectivity index (χ3n) is 3.70. The molecule has 4 nitrogen and oxygen atoms in total. The standard InChI is InChI=1S/C18H20ClFN2O2/c1-3-15(22-11(2)18(21)23)13-9-10-14(19)17(16(13)20)24-12-7-5-4-6-8-12/h4-11,15,22H,3H2,1-2H3,(H2,21,23)/t11-,15+/m0/s1. The highest BCUT2D eigenvalue weighted by Gasteiger charge is 2.23. The van der Waals surface area contributed by atoms with E-state index in [0.29, 0.717) is 17.7 Å². The number of ether oxygens (including phenoxy) is 1. The van der Waals surface area contributed by atoms with Crippen molar-refractivity contribution in [3.63, 3.8) is 0 Å². The van der Waals surface area contributed by atoms with E-state index in [1.165, 1.54) is 0 Å². The lowest BCUT2D eigenvalue weighted by atomic mass is 10.0. The van der Waals surface area contributed by atoms with Gasteiger partial charge in [0.25, 0.3) is 0 Å². The summed E-state index contributed by atoms with van der Waals surface area (Å²) in [6.07, 6.45) is 0.570. The molecule has 0 bridgehead atoms. The van der Waals surface area contributed by atoms with E-state index < -0.39 is 17.8 Å². The minimum absolute atomic E-state index is 0.0349. The summed E-state index contributed by atoms with van der Waals surface area (Å²) in [6.45, 7) is 3.53. The number of rotatable bonds is 7. The molecular formula is C18H20ClFN2O2. The number of hydrogen-bond donors (Lipinski definition) is 2. The maximum absolute atomic E-state index is 14.9. The lowest BCUT2D eigenvalue weighted by Crippen LogP contribution is -2.40. The Morgan fingerprint density at radius 2 is 1.96 bits per heavy atom. The third-order valence-corrected chi connectivity index (χ3v) is 4.00. The fraction of sp³-hybridized carbons (Fsp3) is 0.278. The number of nitrogens with two attached hydrogens (primary N) is 1. The predicted molar refractivity (Wildman–Crippen MR) is 92.8 cm³/mol. The van der Waals surface area contributed by atoms with Crippen LogP contribution in [0.1, 0.15) is 31.9 Å². The van der Waals surface area contributed by atoms with E-state index in [9.17, 15) is 9.18 Å². The summed E-state index contributed by atoms with van der Waals surface area (Å²) in [7, 11) is 0. The number of primary amides is 1. The van der Waals surface area contributed by atoms with Crippen molar-refractivity contribution in [3.8, 4) is 11.5 Å². The molecule has 0 unspecified atom stereocenters. The van der Waals surface area contributed by atoms with Crippen molar-refractivity contribution in [2.45, 2.75) is 32.4 Å². The predicted octanol–water partition coefficient (Wildman–Crippen LogP) is 4.19. The van der Waals surface area contributed by atoms with Gasteiger partial charge in [0, 0.05) is 11.6 Å². The number of hydrogen-bond acceptors (Lipinski definition) is 3. The highest BCUT2D eigenvalue weighted by Crippen LogP contribution is 2.36. The number of carbonyl (C=O) groups excluding carboxylic acids is 1. The van der Waals surface area contributed by atoms with Crippen molar-refractivity contribution in [2.75, 3.05) is 0 Å². The van der Waals surface area contributed by atoms with Crippen LogP contribution in [0.3, 0.4) is 0 Å². The Kier molecular flexibility index (Phi) is 6.17. The van der Waals surface area contributed by atoms with Gasteiger partial charge in [-0.05, 0) is 31.5 Å². The van der Waals surface area contributed by atoms with Crippen LogP contribution in [0.25, 0.3) is 0 Å². The first-order valence-electron chi connectivity index (χ1n) is 7.70. The second-order valence-electron chi connectivity index (χ2n) is 5.45. The molecule has 0 aliphatic rings. The third kappa shape index (κ3) is 4.24. The quantitative estimate of drug-likeness (QED) is 0.787. The van der Waals surface area contributed by atoms with Crippen LogP contribution in [0.5, 0.6) is 11.5 Å². The molecule has 0 aliphatic heterocycles. The zero-order valence-corrected chi connectivity index (χ0v) is 14.3. The van der Waals surface area contributed by atoms with E-state index in [2.05, 4.69) is 5.32 Å². The van der Waals surface area contributed by atoms with Crippen molar-refractivity contribution in [3.05, 3.63) is 58.9 Å². The molecule has 0 heterocycles.